The number of aryl methyl sites for hydroxylation is 1. The van der Waals surface area contributed by atoms with Crippen LogP contribution in [0, 0.1) is 6.92 Å². The summed E-state index contributed by atoms with van der Waals surface area (Å²) in [4.78, 5) is 0. The van der Waals surface area contributed by atoms with Gasteiger partial charge in [0.1, 0.15) is 0 Å². The van der Waals surface area contributed by atoms with E-state index in [1.54, 1.807) is 0 Å². The minimum absolute atomic E-state index is 0.593. The molecular formula is C16H24. The van der Waals surface area contributed by atoms with E-state index in [-0.39, 0.29) is 0 Å². The molecule has 0 aliphatic rings. The molecular weight excluding hydrogens is 192 g/mol. The van der Waals surface area contributed by atoms with Gasteiger partial charge in [0, 0.05) is 0 Å². The van der Waals surface area contributed by atoms with Crippen molar-refractivity contribution in [2.75, 3.05) is 0 Å². The molecule has 0 fully saturated rings. The Hall–Kier alpha value is -1.04. The monoisotopic (exact) mass is 216 g/mol. The molecule has 0 saturated heterocycles. The number of hydrogen-bond acceptors (Lipinski definition) is 0. The lowest BCUT2D eigenvalue weighted by Crippen LogP contribution is -1.99. The second-order valence-corrected chi connectivity index (χ2v) is 4.81. The fourth-order valence-electron chi connectivity index (χ4n) is 2.17. The predicted molar refractivity (Wildman–Crippen MR) is 74.0 cm³/mol. The molecule has 16 heavy (non-hydrogen) atoms. The number of hydrogen-bond donors (Lipinski definition) is 0. The third kappa shape index (κ3) is 2.55. The zero-order valence-corrected chi connectivity index (χ0v) is 11.4. The van der Waals surface area contributed by atoms with Crippen LogP contribution in [0.5, 0.6) is 0 Å². The van der Waals surface area contributed by atoms with Crippen LogP contribution in [0.3, 0.4) is 0 Å². The van der Waals surface area contributed by atoms with Crippen molar-refractivity contribution in [3.05, 3.63) is 41.0 Å². The largest absolute Gasteiger partial charge is 0.0952 e. The Kier molecular flexibility index (Phi) is 4.35. The molecule has 0 spiro atoms. The predicted octanol–water partition coefficient (Wildman–Crippen LogP) is 5.10. The quantitative estimate of drug-likeness (QED) is 0.656. The van der Waals surface area contributed by atoms with E-state index in [9.17, 15) is 0 Å². The van der Waals surface area contributed by atoms with Gasteiger partial charge in [0.2, 0.25) is 0 Å². The molecule has 0 atom stereocenters. The van der Waals surface area contributed by atoms with Gasteiger partial charge in [-0.05, 0) is 53.5 Å². The first kappa shape index (κ1) is 13.0. The van der Waals surface area contributed by atoms with Gasteiger partial charge in [-0.2, -0.15) is 0 Å². The fraction of sp³-hybridized carbons (Fsp3) is 0.500. The average molecular weight is 216 g/mol. The Morgan fingerprint density at radius 2 is 1.88 bits per heavy atom. The first-order valence-electron chi connectivity index (χ1n) is 6.32. The smallest absolute Gasteiger partial charge is 0.0216 e. The molecule has 1 rings (SSSR count). The van der Waals surface area contributed by atoms with Gasteiger partial charge in [0.25, 0.3) is 0 Å². The molecule has 0 aromatic heterocycles. The van der Waals surface area contributed by atoms with Gasteiger partial charge in [-0.25, -0.2) is 0 Å². The Morgan fingerprint density at radius 3 is 2.31 bits per heavy atom. The van der Waals surface area contributed by atoms with Crippen LogP contribution in [0.1, 0.15) is 62.3 Å². The summed E-state index contributed by atoms with van der Waals surface area (Å²) in [7, 11) is 0. The maximum absolute atomic E-state index is 4.15. The Labute approximate surface area is 100 Å². The summed E-state index contributed by atoms with van der Waals surface area (Å²) in [6.45, 7) is 15.3. The minimum Gasteiger partial charge on any atom is -0.0952 e. The van der Waals surface area contributed by atoms with Crippen molar-refractivity contribution in [3.63, 3.8) is 0 Å². The lowest BCUT2D eigenvalue weighted by Gasteiger charge is -2.17. The number of benzene rings is 1. The van der Waals surface area contributed by atoms with Crippen LogP contribution in [0.25, 0.3) is 5.57 Å². The summed E-state index contributed by atoms with van der Waals surface area (Å²) >= 11 is 0. The van der Waals surface area contributed by atoms with Crippen molar-refractivity contribution in [1.82, 2.24) is 0 Å². The second kappa shape index (κ2) is 5.34. The van der Waals surface area contributed by atoms with E-state index in [0.29, 0.717) is 5.92 Å². The first-order chi connectivity index (χ1) is 7.51. The van der Waals surface area contributed by atoms with E-state index in [4.69, 9.17) is 0 Å². The molecule has 0 amide bonds. The lowest BCUT2D eigenvalue weighted by atomic mass is 9.89. The molecule has 1 aromatic carbocycles. The molecule has 0 heterocycles. The van der Waals surface area contributed by atoms with Crippen LogP contribution < -0.4 is 0 Å². The molecule has 0 N–H and O–H groups in total. The van der Waals surface area contributed by atoms with Gasteiger partial charge in [-0.3, -0.25) is 0 Å². The SMILES string of the molecule is C=C(CC)c1cc(CC)c(C)c(C(C)C)c1. The molecule has 0 heteroatoms. The molecule has 1 aromatic rings. The summed E-state index contributed by atoms with van der Waals surface area (Å²) in [5.74, 6) is 0.593. The van der Waals surface area contributed by atoms with Crippen molar-refractivity contribution >= 4 is 5.57 Å². The highest BCUT2D eigenvalue weighted by atomic mass is 14.1. The van der Waals surface area contributed by atoms with E-state index in [2.05, 4.69) is 53.3 Å². The van der Waals surface area contributed by atoms with E-state index in [1.165, 1.54) is 27.8 Å². The third-order valence-electron chi connectivity index (χ3n) is 3.39. The third-order valence-corrected chi connectivity index (χ3v) is 3.39. The van der Waals surface area contributed by atoms with Crippen molar-refractivity contribution in [3.8, 4) is 0 Å². The molecule has 0 radical (unpaired) electrons. The van der Waals surface area contributed by atoms with Crippen LogP contribution in [0.2, 0.25) is 0 Å². The number of allylic oxidation sites excluding steroid dienone is 1. The van der Waals surface area contributed by atoms with Gasteiger partial charge in [-0.15, -0.1) is 0 Å². The molecule has 0 bridgehead atoms. The summed E-state index contributed by atoms with van der Waals surface area (Å²) in [6, 6.07) is 4.64. The van der Waals surface area contributed by atoms with Crippen molar-refractivity contribution < 1.29 is 0 Å². The van der Waals surface area contributed by atoms with Crippen LogP contribution in [-0.4, -0.2) is 0 Å². The molecule has 0 nitrogen and oxygen atoms in total. The van der Waals surface area contributed by atoms with Crippen LogP contribution in [0.15, 0.2) is 18.7 Å². The summed E-state index contributed by atoms with van der Waals surface area (Å²) in [6.07, 6.45) is 2.14. The minimum atomic E-state index is 0.593. The normalized spacial score (nSPS) is 10.9. The van der Waals surface area contributed by atoms with E-state index >= 15 is 0 Å². The zero-order valence-electron chi connectivity index (χ0n) is 11.4. The lowest BCUT2D eigenvalue weighted by molar-refractivity contribution is 0.849. The Balaban J connectivity index is 3.34. The van der Waals surface area contributed by atoms with Crippen molar-refractivity contribution in [2.45, 2.75) is 53.4 Å². The van der Waals surface area contributed by atoms with E-state index in [1.807, 2.05) is 0 Å². The second-order valence-electron chi connectivity index (χ2n) is 4.81. The van der Waals surface area contributed by atoms with Crippen LogP contribution >= 0.6 is 0 Å². The summed E-state index contributed by atoms with van der Waals surface area (Å²) in [5, 5.41) is 0. The molecule has 0 aliphatic carbocycles. The summed E-state index contributed by atoms with van der Waals surface area (Å²) < 4.78 is 0. The van der Waals surface area contributed by atoms with Crippen LogP contribution in [0.4, 0.5) is 0 Å². The molecule has 88 valence electrons. The standard InChI is InChI=1S/C16H24/c1-7-12(5)15-9-14(8-2)13(6)16(10-15)11(3)4/h9-11H,5,7-8H2,1-4,6H3. The first-order valence-corrected chi connectivity index (χ1v) is 6.32. The highest BCUT2D eigenvalue weighted by Gasteiger charge is 2.10. The van der Waals surface area contributed by atoms with Crippen molar-refractivity contribution in [1.29, 1.82) is 0 Å². The van der Waals surface area contributed by atoms with Crippen LogP contribution in [-0.2, 0) is 6.42 Å². The average Bonchev–Trinajstić information content (AvgIpc) is 2.27. The molecule has 0 unspecified atom stereocenters. The van der Waals surface area contributed by atoms with E-state index in [0.717, 1.165) is 12.8 Å². The maximum atomic E-state index is 4.15. The molecule has 0 saturated carbocycles. The van der Waals surface area contributed by atoms with Gasteiger partial charge < -0.3 is 0 Å². The van der Waals surface area contributed by atoms with Gasteiger partial charge >= 0.3 is 0 Å². The highest BCUT2D eigenvalue weighted by molar-refractivity contribution is 5.65. The topological polar surface area (TPSA) is 0 Å². The maximum Gasteiger partial charge on any atom is -0.0216 e. The van der Waals surface area contributed by atoms with Gasteiger partial charge in [-0.1, -0.05) is 46.4 Å². The number of rotatable bonds is 4. The zero-order chi connectivity index (χ0) is 12.3. The highest BCUT2D eigenvalue weighted by Crippen LogP contribution is 2.28. The fourth-order valence-corrected chi connectivity index (χ4v) is 2.17. The Bertz CT molecular complexity index is 383. The Morgan fingerprint density at radius 1 is 1.25 bits per heavy atom. The van der Waals surface area contributed by atoms with Gasteiger partial charge in [0.15, 0.2) is 0 Å². The molecule has 0 aliphatic heterocycles. The van der Waals surface area contributed by atoms with Gasteiger partial charge in [0.05, 0.1) is 0 Å². The summed E-state index contributed by atoms with van der Waals surface area (Å²) in [5.41, 5.74) is 6.98. The van der Waals surface area contributed by atoms with Crippen molar-refractivity contribution in [2.24, 2.45) is 0 Å². The van der Waals surface area contributed by atoms with E-state index < -0.39 is 0 Å².